The monoisotopic (exact) mass is 291 g/mol. The molecule has 0 saturated heterocycles. The fraction of sp³-hybridized carbons (Fsp3) is 0.364. The Labute approximate surface area is 110 Å². The molecule has 0 amide bonds. The molecule has 8 heteroatoms. The Hall–Kier alpha value is -1.83. The number of anilines is 1. The van der Waals surface area contributed by atoms with E-state index in [2.05, 4.69) is 4.72 Å². The van der Waals surface area contributed by atoms with E-state index in [1.165, 1.54) is 12.1 Å². The quantitative estimate of drug-likeness (QED) is 0.793. The van der Waals surface area contributed by atoms with Crippen molar-refractivity contribution in [3.05, 3.63) is 24.0 Å². The Morgan fingerprint density at radius 1 is 1.47 bits per heavy atom. The lowest BCUT2D eigenvalue weighted by Gasteiger charge is -2.09. The number of halogens is 1. The number of hydrogen-bond acceptors (Lipinski definition) is 4. The first-order chi connectivity index (χ1) is 8.84. The smallest absolute Gasteiger partial charge is 0.304 e. The van der Waals surface area contributed by atoms with Crippen LogP contribution in [0.4, 0.5) is 10.1 Å². The fourth-order valence-corrected chi connectivity index (χ4v) is 2.32. The molecule has 0 aliphatic carbocycles. The normalized spacial score (nSPS) is 11.1. The second-order valence-electron chi connectivity index (χ2n) is 3.64. The van der Waals surface area contributed by atoms with Crippen LogP contribution < -0.4 is 9.46 Å². The van der Waals surface area contributed by atoms with Crippen LogP contribution in [-0.2, 0) is 14.8 Å². The summed E-state index contributed by atoms with van der Waals surface area (Å²) in [6.07, 6.45) is -0.519. The number of ether oxygens (including phenoxy) is 1. The predicted molar refractivity (Wildman–Crippen MR) is 67.2 cm³/mol. The molecule has 0 atom stereocenters. The Morgan fingerprint density at radius 3 is 2.68 bits per heavy atom. The highest BCUT2D eigenvalue weighted by Gasteiger charge is 2.14. The highest BCUT2D eigenvalue weighted by atomic mass is 32.2. The molecular formula is C11H14FNO5S. The van der Waals surface area contributed by atoms with Crippen LogP contribution >= 0.6 is 0 Å². The molecule has 2 N–H and O–H groups in total. The maximum absolute atomic E-state index is 13.5. The number of aliphatic carboxylic acids is 1. The minimum Gasteiger partial charge on any atom is -0.491 e. The summed E-state index contributed by atoms with van der Waals surface area (Å²) in [5.41, 5.74) is 0.0198. The topological polar surface area (TPSA) is 92.7 Å². The first kappa shape index (κ1) is 15.2. The summed E-state index contributed by atoms with van der Waals surface area (Å²) in [6, 6.07) is 3.61. The first-order valence-electron chi connectivity index (χ1n) is 5.48. The van der Waals surface area contributed by atoms with E-state index in [1.807, 2.05) is 0 Å². The Bertz CT molecular complexity index is 558. The van der Waals surface area contributed by atoms with E-state index in [0.29, 0.717) is 6.61 Å². The number of benzene rings is 1. The zero-order valence-electron chi connectivity index (χ0n) is 10.2. The molecule has 0 aliphatic heterocycles. The highest BCUT2D eigenvalue weighted by Crippen LogP contribution is 2.21. The Kier molecular flexibility index (Phi) is 5.11. The third-order valence-electron chi connectivity index (χ3n) is 2.09. The molecule has 19 heavy (non-hydrogen) atoms. The number of carbonyl (C=O) groups is 1. The van der Waals surface area contributed by atoms with E-state index < -0.39 is 34.0 Å². The maximum atomic E-state index is 13.5. The van der Waals surface area contributed by atoms with Gasteiger partial charge in [0.25, 0.3) is 0 Å². The summed E-state index contributed by atoms with van der Waals surface area (Å²) in [4.78, 5) is 10.3. The van der Waals surface area contributed by atoms with Gasteiger partial charge in [-0.25, -0.2) is 12.8 Å². The predicted octanol–water partition coefficient (Wildman–Crippen LogP) is 1.44. The van der Waals surface area contributed by atoms with Crippen molar-refractivity contribution in [1.82, 2.24) is 0 Å². The van der Waals surface area contributed by atoms with Gasteiger partial charge in [0, 0.05) is 6.07 Å². The number of sulfonamides is 1. The average molecular weight is 291 g/mol. The van der Waals surface area contributed by atoms with E-state index in [-0.39, 0.29) is 11.4 Å². The minimum atomic E-state index is -3.81. The Morgan fingerprint density at radius 2 is 2.16 bits per heavy atom. The second kappa shape index (κ2) is 6.37. The second-order valence-corrected chi connectivity index (χ2v) is 5.48. The van der Waals surface area contributed by atoms with Crippen LogP contribution in [0.5, 0.6) is 5.75 Å². The van der Waals surface area contributed by atoms with Gasteiger partial charge in [0.2, 0.25) is 10.0 Å². The van der Waals surface area contributed by atoms with Gasteiger partial charge in [-0.2, -0.15) is 0 Å². The molecular weight excluding hydrogens is 277 g/mol. The van der Waals surface area contributed by atoms with E-state index in [0.717, 1.165) is 6.07 Å². The number of nitrogens with one attached hydrogen (secondary N) is 1. The van der Waals surface area contributed by atoms with Crippen molar-refractivity contribution in [3.8, 4) is 5.75 Å². The molecule has 0 spiro atoms. The Balaban J connectivity index is 2.77. The standard InChI is InChI=1S/C11H14FNO5S/c1-2-18-10-4-3-8(7-9(10)12)13-19(16,17)6-5-11(14)15/h3-4,7,13H,2,5-6H2,1H3,(H,14,15). The third-order valence-corrected chi connectivity index (χ3v) is 3.38. The van der Waals surface area contributed by atoms with Crippen molar-refractivity contribution in [3.63, 3.8) is 0 Å². The summed E-state index contributed by atoms with van der Waals surface area (Å²) in [6.45, 7) is 1.99. The van der Waals surface area contributed by atoms with Crippen LogP contribution in [0.25, 0.3) is 0 Å². The number of hydrogen-bond donors (Lipinski definition) is 2. The molecule has 106 valence electrons. The first-order valence-corrected chi connectivity index (χ1v) is 7.14. The molecule has 6 nitrogen and oxygen atoms in total. The van der Waals surface area contributed by atoms with Gasteiger partial charge in [0.1, 0.15) is 0 Å². The molecule has 0 aromatic heterocycles. The summed E-state index contributed by atoms with van der Waals surface area (Å²) in [7, 11) is -3.81. The van der Waals surface area contributed by atoms with E-state index >= 15 is 0 Å². The number of carboxylic acid groups (broad SMARTS) is 1. The van der Waals surface area contributed by atoms with Crippen molar-refractivity contribution >= 4 is 21.7 Å². The lowest BCUT2D eigenvalue weighted by molar-refractivity contribution is -0.136. The molecule has 1 rings (SSSR count). The number of rotatable bonds is 7. The lowest BCUT2D eigenvalue weighted by Crippen LogP contribution is -2.19. The summed E-state index contributed by atoms with van der Waals surface area (Å²) >= 11 is 0. The van der Waals surface area contributed by atoms with Crippen molar-refractivity contribution in [2.24, 2.45) is 0 Å². The van der Waals surface area contributed by atoms with Crippen LogP contribution in [0.3, 0.4) is 0 Å². The molecule has 0 radical (unpaired) electrons. The molecule has 0 bridgehead atoms. The molecule has 0 fully saturated rings. The molecule has 0 saturated carbocycles. The van der Waals surface area contributed by atoms with Gasteiger partial charge < -0.3 is 9.84 Å². The highest BCUT2D eigenvalue weighted by molar-refractivity contribution is 7.92. The third kappa shape index (κ3) is 5.12. The number of carboxylic acids is 1. The van der Waals surface area contributed by atoms with Gasteiger partial charge in [-0.3, -0.25) is 9.52 Å². The van der Waals surface area contributed by atoms with Crippen molar-refractivity contribution in [2.75, 3.05) is 17.1 Å². The van der Waals surface area contributed by atoms with Gasteiger partial charge >= 0.3 is 5.97 Å². The van der Waals surface area contributed by atoms with Crippen LogP contribution in [0.15, 0.2) is 18.2 Å². The van der Waals surface area contributed by atoms with E-state index in [9.17, 15) is 17.6 Å². The van der Waals surface area contributed by atoms with Gasteiger partial charge in [-0.1, -0.05) is 0 Å². The fourth-order valence-electron chi connectivity index (χ4n) is 1.29. The largest absolute Gasteiger partial charge is 0.491 e. The van der Waals surface area contributed by atoms with Crippen molar-refractivity contribution in [2.45, 2.75) is 13.3 Å². The molecule has 1 aromatic carbocycles. The minimum absolute atomic E-state index is 0.0198. The van der Waals surface area contributed by atoms with E-state index in [4.69, 9.17) is 9.84 Å². The van der Waals surface area contributed by atoms with Gasteiger partial charge in [-0.05, 0) is 19.1 Å². The summed E-state index contributed by atoms with van der Waals surface area (Å²) < 4.78 is 43.5. The van der Waals surface area contributed by atoms with E-state index in [1.54, 1.807) is 6.92 Å². The van der Waals surface area contributed by atoms with Gasteiger partial charge in [0.15, 0.2) is 11.6 Å². The summed E-state index contributed by atoms with van der Waals surface area (Å²) in [5.74, 6) is -2.46. The molecule has 0 heterocycles. The zero-order chi connectivity index (χ0) is 14.5. The van der Waals surface area contributed by atoms with Gasteiger partial charge in [-0.15, -0.1) is 0 Å². The van der Waals surface area contributed by atoms with Gasteiger partial charge in [0.05, 0.1) is 24.5 Å². The molecule has 0 aliphatic rings. The van der Waals surface area contributed by atoms with Crippen LogP contribution in [0.1, 0.15) is 13.3 Å². The molecule has 0 unspecified atom stereocenters. The zero-order valence-corrected chi connectivity index (χ0v) is 11.0. The maximum Gasteiger partial charge on any atom is 0.304 e. The van der Waals surface area contributed by atoms with Crippen LogP contribution in [0.2, 0.25) is 0 Å². The average Bonchev–Trinajstić information content (AvgIpc) is 2.30. The molecule has 1 aromatic rings. The summed E-state index contributed by atoms with van der Waals surface area (Å²) in [5, 5.41) is 8.41. The lowest BCUT2D eigenvalue weighted by atomic mass is 10.3. The SMILES string of the molecule is CCOc1ccc(NS(=O)(=O)CCC(=O)O)cc1F. The van der Waals surface area contributed by atoms with Crippen molar-refractivity contribution in [1.29, 1.82) is 0 Å². The van der Waals surface area contributed by atoms with Crippen LogP contribution in [-0.4, -0.2) is 31.9 Å². The van der Waals surface area contributed by atoms with Crippen molar-refractivity contribution < 1.29 is 27.4 Å². The van der Waals surface area contributed by atoms with Crippen LogP contribution in [0, 0.1) is 5.82 Å².